The van der Waals surface area contributed by atoms with E-state index in [1.807, 2.05) is 42.8 Å². The number of carbonyl (C=O) groups excluding carboxylic acids is 2. The van der Waals surface area contributed by atoms with Gasteiger partial charge in [-0.05, 0) is 53.6 Å². The average Bonchev–Trinajstić information content (AvgIpc) is 3.54. The third-order valence-electron chi connectivity index (χ3n) is 6.16. The van der Waals surface area contributed by atoms with Crippen LogP contribution in [0.1, 0.15) is 27.7 Å². The molecular weight excluding hydrogens is 516 g/mol. The van der Waals surface area contributed by atoms with Gasteiger partial charge < -0.3 is 14.6 Å². The van der Waals surface area contributed by atoms with Crippen LogP contribution in [0.2, 0.25) is 0 Å². The normalized spacial score (nSPS) is 11.0. The summed E-state index contributed by atoms with van der Waals surface area (Å²) in [5, 5.41) is 15.1. The van der Waals surface area contributed by atoms with Gasteiger partial charge in [0.05, 0.1) is 18.4 Å². The van der Waals surface area contributed by atoms with Crippen molar-refractivity contribution in [3.8, 4) is 17.1 Å². The number of ether oxygens (including phenoxy) is 1. The Kier molecular flexibility index (Phi) is 7.57. The maximum atomic E-state index is 13.2. The van der Waals surface area contributed by atoms with Crippen LogP contribution < -0.4 is 10.1 Å². The number of methoxy groups -OCH3 is 1. The Morgan fingerprint density at radius 1 is 1.00 bits per heavy atom. The van der Waals surface area contributed by atoms with Crippen molar-refractivity contribution in [2.24, 2.45) is 7.05 Å². The fraction of sp³-hybridized carbons (Fsp3) is 0.172. The molecule has 0 bridgehead atoms. The predicted molar refractivity (Wildman–Crippen MR) is 153 cm³/mol. The van der Waals surface area contributed by atoms with Crippen LogP contribution in [0.3, 0.4) is 0 Å². The number of aryl methyl sites for hydroxylation is 1. The van der Waals surface area contributed by atoms with Crippen molar-refractivity contribution in [3.05, 3.63) is 88.8 Å². The van der Waals surface area contributed by atoms with E-state index in [9.17, 15) is 9.59 Å². The number of hydrogen-bond acceptors (Lipinski definition) is 7. The predicted octanol–water partition coefficient (Wildman–Crippen LogP) is 6.23. The molecule has 1 amide bonds. The van der Waals surface area contributed by atoms with Crippen LogP contribution >= 0.6 is 23.1 Å². The molecular formula is C29H26N4O3S2. The number of anilines is 1. The zero-order valence-corrected chi connectivity index (χ0v) is 22.9. The molecule has 2 aromatic heterocycles. The smallest absolute Gasteiger partial charge is 0.235 e. The molecule has 0 aliphatic rings. The molecule has 5 rings (SSSR count). The molecule has 0 atom stereocenters. The van der Waals surface area contributed by atoms with Crippen LogP contribution in [-0.4, -0.2) is 39.3 Å². The number of benzene rings is 3. The van der Waals surface area contributed by atoms with Gasteiger partial charge in [0.2, 0.25) is 5.91 Å². The van der Waals surface area contributed by atoms with Crippen molar-refractivity contribution in [1.82, 2.24) is 14.8 Å². The summed E-state index contributed by atoms with van der Waals surface area (Å²) in [6, 6.07) is 23.2. The maximum Gasteiger partial charge on any atom is 0.235 e. The third kappa shape index (κ3) is 5.34. The monoisotopic (exact) mass is 542 g/mol. The Labute approximate surface area is 228 Å². The summed E-state index contributed by atoms with van der Waals surface area (Å²) >= 11 is 2.73. The van der Waals surface area contributed by atoms with E-state index in [1.54, 1.807) is 31.4 Å². The Morgan fingerprint density at radius 3 is 2.50 bits per heavy atom. The van der Waals surface area contributed by atoms with Crippen LogP contribution in [0, 0.1) is 0 Å². The Balaban J connectivity index is 1.28. The van der Waals surface area contributed by atoms with E-state index in [0.29, 0.717) is 27.0 Å². The van der Waals surface area contributed by atoms with E-state index < -0.39 is 0 Å². The minimum Gasteiger partial charge on any atom is -0.497 e. The maximum absolute atomic E-state index is 13.2. The average molecular weight is 543 g/mol. The standard InChI is InChI=1S/C29H26N4O3S2/c1-4-23-16-24(26(35)19-11-13-22(36-3)14-12-19)28(38-23)30-25(34)17-37-29-32-31-27(33(29)2)21-10-9-18-7-5-6-8-20(18)15-21/h5-16H,4,17H2,1-3H3,(H,30,34). The lowest BCUT2D eigenvalue weighted by Gasteiger charge is -2.07. The van der Waals surface area contributed by atoms with Gasteiger partial charge in [-0.3, -0.25) is 9.59 Å². The van der Waals surface area contributed by atoms with Crippen LogP contribution in [-0.2, 0) is 18.3 Å². The van der Waals surface area contributed by atoms with E-state index in [1.165, 1.54) is 23.1 Å². The molecule has 0 saturated carbocycles. The second-order valence-corrected chi connectivity index (χ2v) is 10.7. The molecule has 1 N–H and O–H groups in total. The number of ketones is 1. The zero-order valence-electron chi connectivity index (χ0n) is 21.2. The van der Waals surface area contributed by atoms with Crippen molar-refractivity contribution in [2.75, 3.05) is 18.2 Å². The summed E-state index contributed by atoms with van der Waals surface area (Å²) in [7, 11) is 3.48. The summed E-state index contributed by atoms with van der Waals surface area (Å²) in [5.41, 5.74) is 1.99. The minimum absolute atomic E-state index is 0.138. The second-order valence-electron chi connectivity index (χ2n) is 8.63. The van der Waals surface area contributed by atoms with E-state index in [2.05, 4.69) is 39.8 Å². The van der Waals surface area contributed by atoms with Gasteiger partial charge >= 0.3 is 0 Å². The summed E-state index contributed by atoms with van der Waals surface area (Å²) in [6.07, 6.45) is 0.772. The molecule has 0 fully saturated rings. The second kappa shape index (κ2) is 11.2. The fourth-order valence-electron chi connectivity index (χ4n) is 4.09. The van der Waals surface area contributed by atoms with Crippen LogP contribution in [0.4, 0.5) is 5.00 Å². The highest BCUT2D eigenvalue weighted by Gasteiger charge is 2.20. The number of hydrogen-bond donors (Lipinski definition) is 1. The van der Waals surface area contributed by atoms with Gasteiger partial charge in [0.1, 0.15) is 10.8 Å². The highest BCUT2D eigenvalue weighted by atomic mass is 32.2. The molecule has 9 heteroatoms. The SMILES string of the molecule is CCc1cc(C(=O)c2ccc(OC)cc2)c(NC(=O)CSc2nnc(-c3ccc4ccccc4c3)n2C)s1. The summed E-state index contributed by atoms with van der Waals surface area (Å²) in [4.78, 5) is 27.1. The number of amides is 1. The molecule has 0 saturated heterocycles. The van der Waals surface area contributed by atoms with E-state index >= 15 is 0 Å². The number of carbonyl (C=O) groups is 2. The zero-order chi connectivity index (χ0) is 26.6. The first-order chi connectivity index (χ1) is 18.5. The number of nitrogens with zero attached hydrogens (tertiary/aromatic N) is 3. The number of rotatable bonds is 9. The first-order valence-electron chi connectivity index (χ1n) is 12.1. The summed E-state index contributed by atoms with van der Waals surface area (Å²) < 4.78 is 7.08. The molecule has 5 aromatic rings. The molecule has 0 aliphatic heterocycles. The van der Waals surface area contributed by atoms with Crippen molar-refractivity contribution in [1.29, 1.82) is 0 Å². The van der Waals surface area contributed by atoms with Gasteiger partial charge in [0.25, 0.3) is 0 Å². The molecule has 0 radical (unpaired) electrons. The van der Waals surface area contributed by atoms with E-state index in [-0.39, 0.29) is 17.4 Å². The van der Waals surface area contributed by atoms with Gasteiger partial charge in [0.15, 0.2) is 16.8 Å². The lowest BCUT2D eigenvalue weighted by atomic mass is 10.0. The minimum atomic E-state index is -0.210. The van der Waals surface area contributed by atoms with Crippen molar-refractivity contribution in [2.45, 2.75) is 18.5 Å². The number of fused-ring (bicyclic) bond motifs is 1. The Hall–Kier alpha value is -3.95. The van der Waals surface area contributed by atoms with Gasteiger partial charge in [-0.2, -0.15) is 0 Å². The highest BCUT2D eigenvalue weighted by molar-refractivity contribution is 7.99. The van der Waals surface area contributed by atoms with E-state index in [4.69, 9.17) is 4.74 Å². The number of nitrogens with one attached hydrogen (secondary N) is 1. The Bertz CT molecular complexity index is 1620. The largest absolute Gasteiger partial charge is 0.497 e. The first kappa shape index (κ1) is 25.7. The number of thiophene rings is 1. The molecule has 38 heavy (non-hydrogen) atoms. The molecule has 0 unspecified atom stereocenters. The van der Waals surface area contributed by atoms with Gasteiger partial charge in [-0.1, -0.05) is 55.1 Å². The topological polar surface area (TPSA) is 86.1 Å². The molecule has 3 aromatic carbocycles. The lowest BCUT2D eigenvalue weighted by Crippen LogP contribution is -2.15. The molecule has 0 aliphatic carbocycles. The van der Waals surface area contributed by atoms with E-state index in [0.717, 1.165) is 33.5 Å². The molecule has 7 nitrogen and oxygen atoms in total. The number of thioether (sulfide) groups is 1. The van der Waals surface area contributed by atoms with Crippen LogP contribution in [0.5, 0.6) is 5.75 Å². The van der Waals surface area contributed by atoms with Crippen LogP contribution in [0.25, 0.3) is 22.2 Å². The first-order valence-corrected chi connectivity index (χ1v) is 13.9. The number of aromatic nitrogens is 3. The van der Waals surface area contributed by atoms with Crippen molar-refractivity contribution < 1.29 is 14.3 Å². The van der Waals surface area contributed by atoms with Gasteiger partial charge in [0, 0.05) is 23.1 Å². The fourth-order valence-corrected chi connectivity index (χ4v) is 5.81. The molecule has 192 valence electrons. The van der Waals surface area contributed by atoms with Gasteiger partial charge in [-0.25, -0.2) is 0 Å². The quantitative estimate of drug-likeness (QED) is 0.176. The van der Waals surface area contributed by atoms with Crippen LogP contribution in [0.15, 0.2) is 78.0 Å². The third-order valence-corrected chi connectivity index (χ3v) is 8.37. The summed E-state index contributed by atoms with van der Waals surface area (Å²) in [5.74, 6) is 1.20. The van der Waals surface area contributed by atoms with Crippen molar-refractivity contribution >= 4 is 50.6 Å². The molecule has 0 spiro atoms. The highest BCUT2D eigenvalue weighted by Crippen LogP contribution is 2.32. The molecule has 2 heterocycles. The Morgan fingerprint density at radius 2 is 1.76 bits per heavy atom. The van der Waals surface area contributed by atoms with Crippen molar-refractivity contribution in [3.63, 3.8) is 0 Å². The lowest BCUT2D eigenvalue weighted by molar-refractivity contribution is -0.113. The summed E-state index contributed by atoms with van der Waals surface area (Å²) in [6.45, 7) is 2.02. The van der Waals surface area contributed by atoms with Gasteiger partial charge in [-0.15, -0.1) is 21.5 Å².